The van der Waals surface area contributed by atoms with E-state index in [1.165, 1.54) is 5.56 Å². The van der Waals surface area contributed by atoms with Gasteiger partial charge in [0.15, 0.2) is 0 Å². The Kier molecular flexibility index (Phi) is 7.03. The number of carbonyl (C=O) groups is 2. The van der Waals surface area contributed by atoms with Gasteiger partial charge >= 0.3 is 0 Å². The van der Waals surface area contributed by atoms with E-state index in [1.807, 2.05) is 30.9 Å². The third kappa shape index (κ3) is 5.07. The van der Waals surface area contributed by atoms with Gasteiger partial charge in [-0.1, -0.05) is 46.6 Å². The van der Waals surface area contributed by atoms with Gasteiger partial charge in [-0.3, -0.25) is 9.59 Å². The summed E-state index contributed by atoms with van der Waals surface area (Å²) in [6.07, 6.45) is 4.79. The van der Waals surface area contributed by atoms with Crippen LogP contribution >= 0.6 is 0 Å². The van der Waals surface area contributed by atoms with E-state index in [0.29, 0.717) is 6.54 Å². The second kappa shape index (κ2) is 9.02. The van der Waals surface area contributed by atoms with E-state index in [0.717, 1.165) is 49.9 Å². The molecule has 0 saturated heterocycles. The SMILES string of the molecule is CCCC(CCC)C(=O)Nc1ccc2c(c1)CN(C(=O)C(C)C)CC2. The summed E-state index contributed by atoms with van der Waals surface area (Å²) in [6.45, 7) is 9.55. The summed E-state index contributed by atoms with van der Waals surface area (Å²) in [6, 6.07) is 6.13. The molecule has 1 aromatic carbocycles. The summed E-state index contributed by atoms with van der Waals surface area (Å²) in [5.74, 6) is 0.430. The average Bonchev–Trinajstić information content (AvgIpc) is 2.60. The molecule has 0 fully saturated rings. The van der Waals surface area contributed by atoms with Crippen molar-refractivity contribution in [1.82, 2.24) is 4.90 Å². The number of anilines is 1. The number of benzene rings is 1. The molecule has 4 heteroatoms. The number of nitrogens with one attached hydrogen (secondary N) is 1. The van der Waals surface area contributed by atoms with Crippen LogP contribution in [0.3, 0.4) is 0 Å². The molecule has 2 rings (SSSR count). The smallest absolute Gasteiger partial charge is 0.227 e. The summed E-state index contributed by atoms with van der Waals surface area (Å²) in [4.78, 5) is 26.7. The van der Waals surface area contributed by atoms with E-state index >= 15 is 0 Å². The molecular weight excluding hydrogens is 312 g/mol. The van der Waals surface area contributed by atoms with Crippen LogP contribution in [0.2, 0.25) is 0 Å². The molecule has 0 bridgehead atoms. The molecule has 1 aliphatic rings. The topological polar surface area (TPSA) is 49.4 Å². The first-order valence-electron chi connectivity index (χ1n) is 9.67. The molecule has 1 heterocycles. The van der Waals surface area contributed by atoms with E-state index < -0.39 is 0 Å². The van der Waals surface area contributed by atoms with Crippen LogP contribution in [0, 0.1) is 11.8 Å². The maximum atomic E-state index is 12.5. The van der Waals surface area contributed by atoms with Crippen molar-refractivity contribution in [3.63, 3.8) is 0 Å². The zero-order valence-electron chi connectivity index (χ0n) is 16.1. The predicted octanol–water partition coefficient (Wildman–Crippen LogP) is 4.38. The number of carbonyl (C=O) groups excluding carboxylic acids is 2. The number of amides is 2. The first-order valence-corrected chi connectivity index (χ1v) is 9.67. The van der Waals surface area contributed by atoms with Gasteiger partial charge in [0.25, 0.3) is 0 Å². The Bertz CT molecular complexity index is 604. The lowest BCUT2D eigenvalue weighted by atomic mass is 9.96. The van der Waals surface area contributed by atoms with Crippen molar-refractivity contribution in [1.29, 1.82) is 0 Å². The van der Waals surface area contributed by atoms with Crippen LogP contribution < -0.4 is 5.32 Å². The fraction of sp³-hybridized carbons (Fsp3) is 0.619. The van der Waals surface area contributed by atoms with Gasteiger partial charge in [0.1, 0.15) is 0 Å². The second-order valence-corrected chi connectivity index (χ2v) is 7.41. The summed E-state index contributed by atoms with van der Waals surface area (Å²) in [5.41, 5.74) is 3.28. The molecule has 2 amide bonds. The molecule has 1 aliphatic heterocycles. The zero-order chi connectivity index (χ0) is 18.4. The van der Waals surface area contributed by atoms with E-state index in [2.05, 4.69) is 25.2 Å². The van der Waals surface area contributed by atoms with Crippen molar-refractivity contribution in [2.45, 2.75) is 66.3 Å². The average molecular weight is 344 g/mol. The Morgan fingerprint density at radius 2 is 1.80 bits per heavy atom. The maximum Gasteiger partial charge on any atom is 0.227 e. The summed E-state index contributed by atoms with van der Waals surface area (Å²) in [7, 11) is 0. The zero-order valence-corrected chi connectivity index (χ0v) is 16.1. The molecule has 1 N–H and O–H groups in total. The molecule has 0 spiro atoms. The van der Waals surface area contributed by atoms with Crippen LogP contribution in [0.4, 0.5) is 5.69 Å². The largest absolute Gasteiger partial charge is 0.338 e. The van der Waals surface area contributed by atoms with Crippen molar-refractivity contribution < 1.29 is 9.59 Å². The highest BCUT2D eigenvalue weighted by Gasteiger charge is 2.23. The van der Waals surface area contributed by atoms with Gasteiger partial charge in [0, 0.05) is 30.6 Å². The lowest BCUT2D eigenvalue weighted by Gasteiger charge is -2.30. The molecular formula is C21H32N2O2. The third-order valence-electron chi connectivity index (χ3n) is 4.94. The predicted molar refractivity (Wildman–Crippen MR) is 102 cm³/mol. The highest BCUT2D eigenvalue weighted by atomic mass is 16.2. The Balaban J connectivity index is 2.08. The van der Waals surface area contributed by atoms with Crippen LogP contribution in [-0.4, -0.2) is 23.3 Å². The number of nitrogens with zero attached hydrogens (tertiary/aromatic N) is 1. The molecule has 0 unspecified atom stereocenters. The molecule has 0 atom stereocenters. The second-order valence-electron chi connectivity index (χ2n) is 7.41. The first kappa shape index (κ1) is 19.5. The van der Waals surface area contributed by atoms with Crippen molar-refractivity contribution >= 4 is 17.5 Å². The number of hydrogen-bond acceptors (Lipinski definition) is 2. The van der Waals surface area contributed by atoms with Gasteiger partial charge in [0.2, 0.25) is 11.8 Å². The van der Waals surface area contributed by atoms with Crippen molar-refractivity contribution in [3.05, 3.63) is 29.3 Å². The summed E-state index contributed by atoms with van der Waals surface area (Å²) in [5, 5.41) is 3.09. The third-order valence-corrected chi connectivity index (χ3v) is 4.94. The van der Waals surface area contributed by atoms with Crippen molar-refractivity contribution in [3.8, 4) is 0 Å². The van der Waals surface area contributed by atoms with Gasteiger partial charge < -0.3 is 10.2 Å². The standard InChI is InChI=1S/C21H32N2O2/c1-5-7-17(8-6-2)20(24)22-19-10-9-16-11-12-23(14-18(16)13-19)21(25)15(3)4/h9-10,13,15,17H,5-8,11-12,14H2,1-4H3,(H,22,24). The van der Waals surface area contributed by atoms with Crippen LogP contribution in [0.15, 0.2) is 18.2 Å². The van der Waals surface area contributed by atoms with Crippen molar-refractivity contribution in [2.75, 3.05) is 11.9 Å². The Hall–Kier alpha value is -1.84. The van der Waals surface area contributed by atoms with Gasteiger partial charge in [-0.15, -0.1) is 0 Å². The van der Waals surface area contributed by atoms with Gasteiger partial charge in [-0.05, 0) is 42.5 Å². The van der Waals surface area contributed by atoms with Crippen LogP contribution in [0.1, 0.15) is 64.5 Å². The van der Waals surface area contributed by atoms with E-state index in [-0.39, 0.29) is 23.7 Å². The highest BCUT2D eigenvalue weighted by molar-refractivity contribution is 5.92. The molecule has 0 aliphatic carbocycles. The lowest BCUT2D eigenvalue weighted by Crippen LogP contribution is -2.38. The maximum absolute atomic E-state index is 12.5. The molecule has 4 nitrogen and oxygen atoms in total. The number of rotatable bonds is 7. The fourth-order valence-electron chi connectivity index (χ4n) is 3.54. The van der Waals surface area contributed by atoms with Gasteiger partial charge in [-0.2, -0.15) is 0 Å². The van der Waals surface area contributed by atoms with E-state index in [1.54, 1.807) is 0 Å². The molecule has 138 valence electrons. The fourth-order valence-corrected chi connectivity index (χ4v) is 3.54. The Morgan fingerprint density at radius 1 is 1.12 bits per heavy atom. The van der Waals surface area contributed by atoms with Crippen LogP contribution in [0.25, 0.3) is 0 Å². The Labute approximate surface area is 152 Å². The van der Waals surface area contributed by atoms with Crippen LogP contribution in [0.5, 0.6) is 0 Å². The minimum absolute atomic E-state index is 0.0216. The van der Waals surface area contributed by atoms with E-state index in [9.17, 15) is 9.59 Å². The number of fused-ring (bicyclic) bond motifs is 1. The lowest BCUT2D eigenvalue weighted by molar-refractivity contribution is -0.135. The Morgan fingerprint density at radius 3 is 2.40 bits per heavy atom. The van der Waals surface area contributed by atoms with Crippen LogP contribution in [-0.2, 0) is 22.6 Å². The van der Waals surface area contributed by atoms with E-state index in [4.69, 9.17) is 0 Å². The molecule has 0 saturated carbocycles. The molecule has 0 radical (unpaired) electrons. The molecule has 25 heavy (non-hydrogen) atoms. The van der Waals surface area contributed by atoms with Crippen molar-refractivity contribution in [2.24, 2.45) is 11.8 Å². The van der Waals surface area contributed by atoms with Gasteiger partial charge in [-0.25, -0.2) is 0 Å². The van der Waals surface area contributed by atoms with Gasteiger partial charge in [0.05, 0.1) is 0 Å². The molecule has 1 aromatic rings. The monoisotopic (exact) mass is 344 g/mol. The summed E-state index contributed by atoms with van der Waals surface area (Å²) < 4.78 is 0. The summed E-state index contributed by atoms with van der Waals surface area (Å²) >= 11 is 0. The normalized spacial score (nSPS) is 13.9. The molecule has 0 aromatic heterocycles. The number of hydrogen-bond donors (Lipinski definition) is 1. The first-order chi connectivity index (χ1) is 12.0. The minimum atomic E-state index is 0.0216. The minimum Gasteiger partial charge on any atom is -0.338 e. The quantitative estimate of drug-likeness (QED) is 0.798. The highest BCUT2D eigenvalue weighted by Crippen LogP contribution is 2.25.